The lowest BCUT2D eigenvalue weighted by atomic mass is 10.1. The second kappa shape index (κ2) is 5.57. The lowest BCUT2D eigenvalue weighted by molar-refractivity contribution is -0.689. The van der Waals surface area contributed by atoms with Gasteiger partial charge in [-0.2, -0.15) is 4.57 Å². The lowest BCUT2D eigenvalue weighted by Gasteiger charge is -2.02. The molecule has 0 N–H and O–H groups in total. The van der Waals surface area contributed by atoms with E-state index >= 15 is 0 Å². The van der Waals surface area contributed by atoms with Crippen LogP contribution in [0.15, 0.2) is 41.0 Å². The molecule has 0 aliphatic carbocycles. The summed E-state index contributed by atoms with van der Waals surface area (Å²) >= 11 is 3.37. The van der Waals surface area contributed by atoms with Crippen molar-refractivity contribution < 1.29 is 18.1 Å². The Hall–Kier alpha value is -1.62. The fraction of sp³-hybridized carbons (Fsp3) is 0.143. The quantitative estimate of drug-likeness (QED) is 0.626. The molecule has 2 nitrogen and oxygen atoms in total. The third-order valence-electron chi connectivity index (χ3n) is 2.84. The highest BCUT2D eigenvalue weighted by Crippen LogP contribution is 2.12. The van der Waals surface area contributed by atoms with E-state index in [2.05, 4.69) is 15.9 Å². The van der Waals surface area contributed by atoms with Gasteiger partial charge in [0.2, 0.25) is 12.3 Å². The number of nitrogens with zero attached hydrogens (tertiary/aromatic N) is 1. The number of hydrogen-bond donors (Lipinski definition) is 0. The van der Waals surface area contributed by atoms with Gasteiger partial charge in [-0.3, -0.25) is 4.79 Å². The molecule has 0 fully saturated rings. The van der Waals surface area contributed by atoms with Gasteiger partial charge in [-0.1, -0.05) is 0 Å². The smallest absolute Gasteiger partial charge is 0.227 e. The van der Waals surface area contributed by atoms with Crippen LogP contribution in [-0.2, 0) is 6.54 Å². The fourth-order valence-electron chi connectivity index (χ4n) is 1.69. The molecule has 1 heterocycles. The van der Waals surface area contributed by atoms with E-state index in [-0.39, 0.29) is 17.9 Å². The number of carbonyl (C=O) groups excluding carboxylic acids is 1. The standard InChI is InChI=1S/C14H11BrF2NO/c1-9-11(15)3-2-6-18(9)8-14(19)10-4-5-12(16)13(17)7-10/h2-7H,8H2,1H3/q+1. The number of pyridine rings is 1. The first-order valence-electron chi connectivity index (χ1n) is 5.62. The Morgan fingerprint density at radius 3 is 2.68 bits per heavy atom. The third-order valence-corrected chi connectivity index (χ3v) is 3.68. The van der Waals surface area contributed by atoms with E-state index in [4.69, 9.17) is 0 Å². The zero-order valence-corrected chi connectivity index (χ0v) is 11.7. The Balaban J connectivity index is 2.26. The Labute approximate surface area is 117 Å². The molecule has 0 radical (unpaired) electrons. The monoisotopic (exact) mass is 326 g/mol. The van der Waals surface area contributed by atoms with Gasteiger partial charge in [-0.05, 0) is 40.2 Å². The summed E-state index contributed by atoms with van der Waals surface area (Å²) < 4.78 is 28.5. The molecular weight excluding hydrogens is 316 g/mol. The van der Waals surface area contributed by atoms with Gasteiger partial charge in [0.25, 0.3) is 0 Å². The van der Waals surface area contributed by atoms with E-state index in [9.17, 15) is 13.6 Å². The summed E-state index contributed by atoms with van der Waals surface area (Å²) in [4.78, 5) is 12.0. The summed E-state index contributed by atoms with van der Waals surface area (Å²) in [6.45, 7) is 1.94. The highest BCUT2D eigenvalue weighted by Gasteiger charge is 2.17. The van der Waals surface area contributed by atoms with Gasteiger partial charge in [0, 0.05) is 18.6 Å². The molecule has 98 valence electrons. The molecule has 2 aromatic rings. The van der Waals surface area contributed by atoms with E-state index in [0.29, 0.717) is 0 Å². The molecule has 5 heteroatoms. The minimum absolute atomic E-state index is 0.0797. The number of halogens is 3. The third kappa shape index (κ3) is 3.04. The number of aromatic nitrogens is 1. The maximum atomic E-state index is 13.1. The molecule has 19 heavy (non-hydrogen) atoms. The molecule has 0 saturated carbocycles. The van der Waals surface area contributed by atoms with E-state index in [1.54, 1.807) is 16.8 Å². The van der Waals surface area contributed by atoms with Crippen molar-refractivity contribution in [2.24, 2.45) is 0 Å². The Morgan fingerprint density at radius 2 is 2.00 bits per heavy atom. The largest absolute Gasteiger partial charge is 0.287 e. The zero-order chi connectivity index (χ0) is 14.0. The normalized spacial score (nSPS) is 10.5. The molecule has 0 aliphatic rings. The van der Waals surface area contributed by atoms with Crippen molar-refractivity contribution in [2.45, 2.75) is 13.5 Å². The zero-order valence-electron chi connectivity index (χ0n) is 10.2. The fourth-order valence-corrected chi connectivity index (χ4v) is 2.07. The molecule has 0 bridgehead atoms. The van der Waals surface area contributed by atoms with E-state index in [1.807, 2.05) is 13.0 Å². The predicted octanol–water partition coefficient (Wildman–Crippen LogP) is 3.21. The Morgan fingerprint density at radius 1 is 1.26 bits per heavy atom. The molecule has 0 unspecified atom stereocenters. The summed E-state index contributed by atoms with van der Waals surface area (Å²) in [6, 6.07) is 6.84. The second-order valence-electron chi connectivity index (χ2n) is 4.12. The number of ketones is 1. The van der Waals surface area contributed by atoms with Gasteiger partial charge in [0.1, 0.15) is 0 Å². The van der Waals surface area contributed by atoms with Crippen LogP contribution in [0.25, 0.3) is 0 Å². The van der Waals surface area contributed by atoms with Crippen LogP contribution in [0.4, 0.5) is 8.78 Å². The van der Waals surface area contributed by atoms with Crippen LogP contribution in [0.5, 0.6) is 0 Å². The van der Waals surface area contributed by atoms with Crippen LogP contribution in [0.1, 0.15) is 16.1 Å². The SMILES string of the molecule is Cc1c(Br)ccc[n+]1CC(=O)c1ccc(F)c(F)c1. The molecule has 0 atom stereocenters. The summed E-state index contributed by atoms with van der Waals surface area (Å²) in [5.74, 6) is -2.24. The van der Waals surface area contributed by atoms with Gasteiger partial charge in [-0.15, -0.1) is 0 Å². The first-order chi connectivity index (χ1) is 8.99. The summed E-state index contributed by atoms with van der Waals surface area (Å²) in [5.41, 5.74) is 1.05. The first-order valence-corrected chi connectivity index (χ1v) is 6.41. The van der Waals surface area contributed by atoms with E-state index in [1.165, 1.54) is 6.07 Å². The van der Waals surface area contributed by atoms with Gasteiger partial charge in [-0.25, -0.2) is 8.78 Å². The van der Waals surface area contributed by atoms with Crippen molar-refractivity contribution in [3.05, 3.63) is 63.9 Å². The first kappa shape index (κ1) is 13.8. The highest BCUT2D eigenvalue weighted by molar-refractivity contribution is 9.10. The Kier molecular flexibility index (Phi) is 4.04. The highest BCUT2D eigenvalue weighted by atomic mass is 79.9. The van der Waals surface area contributed by atoms with Crippen LogP contribution < -0.4 is 4.57 Å². The molecule has 0 aliphatic heterocycles. The number of Topliss-reactive ketones (excluding diaryl/α,β-unsaturated/α-hetero) is 1. The van der Waals surface area contributed by atoms with E-state index < -0.39 is 11.6 Å². The maximum Gasteiger partial charge on any atom is 0.227 e. The summed E-state index contributed by atoms with van der Waals surface area (Å²) in [5, 5.41) is 0. The van der Waals surface area contributed by atoms with E-state index in [0.717, 1.165) is 22.3 Å². The van der Waals surface area contributed by atoms with Gasteiger partial charge in [0.15, 0.2) is 23.5 Å². The number of benzene rings is 1. The van der Waals surface area contributed by atoms with Crippen molar-refractivity contribution in [1.82, 2.24) is 0 Å². The van der Waals surface area contributed by atoms with Crippen molar-refractivity contribution in [3.63, 3.8) is 0 Å². The Bertz CT molecular complexity index is 643. The number of hydrogen-bond acceptors (Lipinski definition) is 1. The summed E-state index contributed by atoms with van der Waals surface area (Å²) in [7, 11) is 0. The molecule has 1 aromatic heterocycles. The molecular formula is C14H11BrF2NO+. The minimum Gasteiger partial charge on any atom is -0.287 e. The van der Waals surface area contributed by atoms with Crippen LogP contribution in [0.2, 0.25) is 0 Å². The lowest BCUT2D eigenvalue weighted by Crippen LogP contribution is -2.40. The second-order valence-corrected chi connectivity index (χ2v) is 4.98. The molecule has 2 rings (SSSR count). The van der Waals surface area contributed by atoms with Crippen molar-refractivity contribution in [1.29, 1.82) is 0 Å². The van der Waals surface area contributed by atoms with Crippen LogP contribution in [0.3, 0.4) is 0 Å². The number of carbonyl (C=O) groups is 1. The minimum atomic E-state index is -1.01. The topological polar surface area (TPSA) is 20.9 Å². The van der Waals surface area contributed by atoms with Crippen LogP contribution >= 0.6 is 15.9 Å². The van der Waals surface area contributed by atoms with Crippen molar-refractivity contribution in [3.8, 4) is 0 Å². The number of rotatable bonds is 3. The summed E-state index contributed by atoms with van der Waals surface area (Å²) in [6.07, 6.45) is 1.76. The van der Waals surface area contributed by atoms with Gasteiger partial charge < -0.3 is 0 Å². The molecule has 0 spiro atoms. The molecule has 1 aromatic carbocycles. The van der Waals surface area contributed by atoms with Crippen molar-refractivity contribution in [2.75, 3.05) is 0 Å². The maximum absolute atomic E-state index is 13.1. The average Bonchev–Trinajstić information content (AvgIpc) is 2.38. The predicted molar refractivity (Wildman–Crippen MR) is 69.8 cm³/mol. The molecule has 0 saturated heterocycles. The average molecular weight is 327 g/mol. The molecule has 0 amide bonds. The van der Waals surface area contributed by atoms with Gasteiger partial charge in [0.05, 0.1) is 4.47 Å². The van der Waals surface area contributed by atoms with Gasteiger partial charge >= 0.3 is 0 Å². The van der Waals surface area contributed by atoms with Crippen LogP contribution in [-0.4, -0.2) is 5.78 Å². The van der Waals surface area contributed by atoms with Crippen molar-refractivity contribution >= 4 is 21.7 Å². The van der Waals surface area contributed by atoms with Crippen LogP contribution in [0, 0.1) is 18.6 Å².